The Morgan fingerprint density at radius 2 is 1.46 bits per heavy atom. The fourth-order valence-corrected chi connectivity index (χ4v) is 5.62. The number of fused-ring (bicyclic) bond motifs is 2. The first-order valence-corrected chi connectivity index (χ1v) is 15.5. The number of hydrogen-bond acceptors (Lipinski definition) is 5. The maximum atomic E-state index is 15.4. The number of hydrogen-bond donors (Lipinski definition) is 4. The van der Waals surface area contributed by atoms with Crippen molar-refractivity contribution in [3.63, 3.8) is 0 Å². The summed E-state index contributed by atoms with van der Waals surface area (Å²) in [5.74, 6) is -0.861. The molecule has 0 fully saturated rings. The Labute approximate surface area is 273 Å². The van der Waals surface area contributed by atoms with Crippen LogP contribution in [0.1, 0.15) is 38.8 Å². The third kappa shape index (κ3) is 6.23. The number of aromatic nitrogens is 4. The summed E-state index contributed by atoms with van der Waals surface area (Å²) in [5, 5.41) is 3.27. The molecule has 0 aliphatic rings. The van der Waals surface area contributed by atoms with E-state index in [1.54, 1.807) is 18.2 Å². The lowest BCUT2D eigenvalue weighted by atomic mass is 10.1. The van der Waals surface area contributed by atoms with Crippen LogP contribution in [0.3, 0.4) is 0 Å². The van der Waals surface area contributed by atoms with Crippen LogP contribution in [0.4, 0.5) is 8.78 Å². The van der Waals surface area contributed by atoms with Gasteiger partial charge in [0, 0.05) is 33.4 Å². The number of nitrogens with two attached hydrogens (primary N) is 1. The van der Waals surface area contributed by atoms with Crippen LogP contribution in [0.15, 0.2) is 82.8 Å². The number of benzene rings is 4. The minimum atomic E-state index is -1.12. The Bertz CT molecular complexity index is 2150. The van der Waals surface area contributed by atoms with Gasteiger partial charge in [0.05, 0.1) is 27.6 Å². The summed E-state index contributed by atoms with van der Waals surface area (Å²) in [6, 6.07) is 19.5. The molecule has 0 atom stereocenters. The predicted octanol–water partition coefficient (Wildman–Crippen LogP) is 8.69. The van der Waals surface area contributed by atoms with Gasteiger partial charge in [0.2, 0.25) is 5.82 Å². The van der Waals surface area contributed by atoms with Gasteiger partial charge in [-0.1, -0.05) is 12.6 Å². The molecule has 2 heterocycles. The van der Waals surface area contributed by atoms with E-state index in [1.165, 1.54) is 12.1 Å². The smallest absolute Gasteiger partial charge is 0.202 e. The minimum Gasteiger partial charge on any atom is -0.454 e. The SMILES string of the molecule is C=C(NC(C)C)c1ccc2nc(-c3ccc(Oc4ccc(-c5nc6ccc(C(N)=NC(C)C)cc6[nH]5)c(Br)c4)c(F)c3F)[nH]c2c1. The molecule has 6 aromatic rings. The Morgan fingerprint density at radius 3 is 2.09 bits per heavy atom. The summed E-state index contributed by atoms with van der Waals surface area (Å²) in [6.45, 7) is 12.1. The van der Waals surface area contributed by atoms with Gasteiger partial charge in [0.1, 0.15) is 23.2 Å². The van der Waals surface area contributed by atoms with Crippen molar-refractivity contribution in [3.8, 4) is 34.3 Å². The molecule has 46 heavy (non-hydrogen) atoms. The molecule has 0 saturated heterocycles. The zero-order valence-corrected chi connectivity index (χ0v) is 27.3. The molecule has 0 bridgehead atoms. The Hall–Kier alpha value is -5.03. The van der Waals surface area contributed by atoms with Gasteiger partial charge < -0.3 is 25.8 Å². The van der Waals surface area contributed by atoms with Crippen LogP contribution in [0.25, 0.3) is 50.5 Å². The van der Waals surface area contributed by atoms with E-state index in [0.717, 1.165) is 33.4 Å². The maximum Gasteiger partial charge on any atom is 0.202 e. The number of halogens is 3. The van der Waals surface area contributed by atoms with Crippen LogP contribution in [-0.4, -0.2) is 37.9 Å². The van der Waals surface area contributed by atoms with Crippen LogP contribution in [0, 0.1) is 11.6 Å². The summed E-state index contributed by atoms with van der Waals surface area (Å²) in [7, 11) is 0. The van der Waals surface area contributed by atoms with Crippen LogP contribution >= 0.6 is 15.9 Å². The van der Waals surface area contributed by atoms with Gasteiger partial charge >= 0.3 is 0 Å². The monoisotopic (exact) mass is 683 g/mol. The summed E-state index contributed by atoms with van der Waals surface area (Å²) >= 11 is 3.57. The molecular weight excluding hydrogens is 652 g/mol. The average Bonchev–Trinajstić information content (AvgIpc) is 3.62. The van der Waals surface area contributed by atoms with Crippen molar-refractivity contribution in [2.45, 2.75) is 39.8 Å². The van der Waals surface area contributed by atoms with Crippen molar-refractivity contribution in [2.75, 3.05) is 0 Å². The first kappa shape index (κ1) is 31.0. The third-order valence-electron chi connectivity index (χ3n) is 7.19. The van der Waals surface area contributed by atoms with Crippen LogP contribution in [0.2, 0.25) is 0 Å². The van der Waals surface area contributed by atoms with Gasteiger partial charge in [0.25, 0.3) is 0 Å². The van der Waals surface area contributed by atoms with E-state index in [-0.39, 0.29) is 29.2 Å². The quantitative estimate of drug-likeness (QED) is 0.0899. The maximum absolute atomic E-state index is 15.4. The van der Waals surface area contributed by atoms with E-state index < -0.39 is 11.6 Å². The molecule has 0 aliphatic carbocycles. The summed E-state index contributed by atoms with van der Waals surface area (Å²) in [5.41, 5.74) is 12.2. The van der Waals surface area contributed by atoms with Crippen molar-refractivity contribution >= 4 is 49.5 Å². The molecule has 0 amide bonds. The predicted molar refractivity (Wildman–Crippen MR) is 184 cm³/mol. The fourth-order valence-electron chi connectivity index (χ4n) is 5.08. The second kappa shape index (κ2) is 12.4. The van der Waals surface area contributed by atoms with E-state index >= 15 is 8.78 Å². The second-order valence-corrected chi connectivity index (χ2v) is 12.4. The van der Waals surface area contributed by atoms with Gasteiger partial charge in [-0.2, -0.15) is 4.39 Å². The fraction of sp³-hybridized carbons (Fsp3) is 0.171. The lowest BCUT2D eigenvalue weighted by Gasteiger charge is -2.12. The van der Waals surface area contributed by atoms with Crippen LogP contribution in [-0.2, 0) is 0 Å². The van der Waals surface area contributed by atoms with Gasteiger partial charge in [-0.25, -0.2) is 14.4 Å². The number of nitrogens with zero attached hydrogens (tertiary/aromatic N) is 3. The van der Waals surface area contributed by atoms with Crippen molar-refractivity contribution in [1.29, 1.82) is 0 Å². The molecule has 0 radical (unpaired) electrons. The molecule has 234 valence electrons. The van der Waals surface area contributed by atoms with Gasteiger partial charge in [-0.05, 0) is 110 Å². The molecule has 11 heteroatoms. The van der Waals surface area contributed by atoms with Crippen molar-refractivity contribution < 1.29 is 13.5 Å². The summed E-state index contributed by atoms with van der Waals surface area (Å²) < 4.78 is 37.1. The first-order valence-electron chi connectivity index (χ1n) is 14.7. The van der Waals surface area contributed by atoms with Crippen molar-refractivity contribution in [2.24, 2.45) is 10.7 Å². The largest absolute Gasteiger partial charge is 0.454 e. The zero-order valence-electron chi connectivity index (χ0n) is 25.7. The molecule has 0 saturated carbocycles. The summed E-state index contributed by atoms with van der Waals surface area (Å²) in [6.07, 6.45) is 0. The number of rotatable bonds is 9. The third-order valence-corrected chi connectivity index (χ3v) is 7.85. The Balaban J connectivity index is 1.23. The Morgan fingerprint density at radius 1 is 0.848 bits per heavy atom. The average molecular weight is 685 g/mol. The topological polar surface area (TPSA) is 117 Å². The molecular formula is C35H32BrF2N7O. The number of nitrogens with one attached hydrogen (secondary N) is 3. The Kier molecular flexibility index (Phi) is 8.35. The first-order chi connectivity index (χ1) is 22.0. The number of H-pyrrole nitrogens is 2. The van der Waals surface area contributed by atoms with Crippen molar-refractivity contribution in [1.82, 2.24) is 25.3 Å². The highest BCUT2D eigenvalue weighted by molar-refractivity contribution is 9.10. The zero-order chi connectivity index (χ0) is 32.7. The highest BCUT2D eigenvalue weighted by atomic mass is 79.9. The minimum absolute atomic E-state index is 0.0106. The molecule has 0 unspecified atom stereocenters. The van der Waals surface area contributed by atoms with E-state index in [9.17, 15) is 0 Å². The van der Waals surface area contributed by atoms with E-state index in [1.807, 2.05) is 64.1 Å². The van der Waals surface area contributed by atoms with E-state index in [0.29, 0.717) is 32.9 Å². The van der Waals surface area contributed by atoms with Gasteiger partial charge in [0.15, 0.2) is 11.6 Å². The number of ether oxygens (including phenoxy) is 1. The number of aromatic amines is 2. The van der Waals surface area contributed by atoms with E-state index in [4.69, 9.17) is 15.5 Å². The molecule has 6 rings (SSSR count). The van der Waals surface area contributed by atoms with E-state index in [2.05, 4.69) is 47.8 Å². The van der Waals surface area contributed by atoms with Crippen molar-refractivity contribution in [3.05, 3.63) is 101 Å². The number of amidine groups is 1. The van der Waals surface area contributed by atoms with Crippen LogP contribution < -0.4 is 15.8 Å². The molecule has 0 spiro atoms. The van der Waals surface area contributed by atoms with Crippen LogP contribution in [0.5, 0.6) is 11.5 Å². The number of imidazole rings is 2. The molecule has 5 N–H and O–H groups in total. The summed E-state index contributed by atoms with van der Waals surface area (Å²) in [4.78, 5) is 20.0. The molecule has 0 aliphatic heterocycles. The van der Waals surface area contributed by atoms with Gasteiger partial charge in [-0.15, -0.1) is 0 Å². The highest BCUT2D eigenvalue weighted by Gasteiger charge is 2.20. The second-order valence-electron chi connectivity index (χ2n) is 11.5. The molecule has 4 aromatic carbocycles. The molecule has 8 nitrogen and oxygen atoms in total. The lowest BCUT2D eigenvalue weighted by Crippen LogP contribution is -2.20. The molecule has 2 aromatic heterocycles. The number of aliphatic imine (C=N–C) groups is 1. The normalized spacial score (nSPS) is 12.1. The highest BCUT2D eigenvalue weighted by Crippen LogP contribution is 2.36. The standard InChI is InChI=1S/C35H32BrF2N7O/c1-17(2)40-19(5)20-6-11-26-28(14-20)45-35(43-26)24-10-13-30(32(38)31(24)37)46-22-8-9-23(25(36)16-22)34-42-27-12-7-21(15-29(27)44-34)33(39)41-18(3)4/h6-18,40H,5H2,1-4H3,(H2,39,41)(H,42,44)(H,43,45). The van der Waals surface area contributed by atoms with Gasteiger partial charge in [-0.3, -0.25) is 4.99 Å². The lowest BCUT2D eigenvalue weighted by molar-refractivity contribution is 0.417.